The lowest BCUT2D eigenvalue weighted by molar-refractivity contribution is -0.119. The van der Waals surface area contributed by atoms with Crippen molar-refractivity contribution in [3.8, 4) is 0 Å². The van der Waals surface area contributed by atoms with Crippen LogP contribution < -0.4 is 10.0 Å². The Morgan fingerprint density at radius 3 is 2.56 bits per heavy atom. The Hall–Kier alpha value is -2.18. The maximum Gasteiger partial charge on any atom is 0.241 e. The highest BCUT2D eigenvalue weighted by Gasteiger charge is 2.19. The number of nitrogens with one attached hydrogen (secondary N) is 2. The second kappa shape index (κ2) is 7.80. The Balaban J connectivity index is 1.49. The summed E-state index contributed by atoms with van der Waals surface area (Å²) in [5.74, 6) is -0.333. The van der Waals surface area contributed by atoms with Gasteiger partial charge in [0.05, 0.1) is 11.4 Å². The lowest BCUT2D eigenvalue weighted by Gasteiger charge is -2.09. The molecule has 0 radical (unpaired) electrons. The number of carbonyl (C=O) groups excluding carboxylic acids is 1. The molecule has 2 aromatic rings. The van der Waals surface area contributed by atoms with Crippen LogP contribution in [0.1, 0.15) is 23.1 Å². The van der Waals surface area contributed by atoms with Crippen LogP contribution in [0, 0.1) is 0 Å². The van der Waals surface area contributed by atoms with Gasteiger partial charge in [0.1, 0.15) is 0 Å². The highest BCUT2D eigenvalue weighted by molar-refractivity contribution is 7.89. The summed E-state index contributed by atoms with van der Waals surface area (Å²) in [6.07, 6.45) is 3.70. The topological polar surface area (TPSA) is 75.3 Å². The van der Waals surface area contributed by atoms with Crippen LogP contribution in [0.15, 0.2) is 53.4 Å². The molecule has 5 nitrogen and oxygen atoms in total. The summed E-state index contributed by atoms with van der Waals surface area (Å²) in [5.41, 5.74) is 3.44. The number of hydrogen-bond donors (Lipinski definition) is 2. The minimum atomic E-state index is -3.66. The van der Waals surface area contributed by atoms with Gasteiger partial charge < -0.3 is 5.32 Å². The van der Waals surface area contributed by atoms with E-state index in [1.807, 2.05) is 36.4 Å². The van der Waals surface area contributed by atoms with Gasteiger partial charge in [0.2, 0.25) is 15.9 Å². The molecule has 1 amide bonds. The second-order valence-corrected chi connectivity index (χ2v) is 7.96. The van der Waals surface area contributed by atoms with Crippen LogP contribution in [0.5, 0.6) is 0 Å². The lowest BCUT2D eigenvalue weighted by atomic mass is 10.1. The zero-order valence-corrected chi connectivity index (χ0v) is 14.8. The van der Waals surface area contributed by atoms with Gasteiger partial charge in [-0.05, 0) is 54.5 Å². The van der Waals surface area contributed by atoms with Crippen LogP contribution in [0.2, 0.25) is 0 Å². The Bertz CT molecular complexity index is 848. The highest BCUT2D eigenvalue weighted by Crippen LogP contribution is 2.24. The van der Waals surface area contributed by atoms with Gasteiger partial charge in [0.25, 0.3) is 0 Å². The number of fused-ring (bicyclic) bond motifs is 1. The molecular weight excluding hydrogens is 336 g/mol. The molecule has 25 heavy (non-hydrogen) atoms. The van der Waals surface area contributed by atoms with Gasteiger partial charge in [0.15, 0.2) is 0 Å². The molecule has 0 atom stereocenters. The lowest BCUT2D eigenvalue weighted by Crippen LogP contribution is -2.37. The van der Waals surface area contributed by atoms with Crippen molar-refractivity contribution in [2.24, 2.45) is 0 Å². The summed E-state index contributed by atoms with van der Waals surface area (Å²) in [5, 5.41) is 2.73. The van der Waals surface area contributed by atoms with Crippen LogP contribution in [0.25, 0.3) is 0 Å². The predicted octanol–water partition coefficient (Wildman–Crippen LogP) is 1.81. The Morgan fingerprint density at radius 1 is 1.00 bits per heavy atom. The van der Waals surface area contributed by atoms with Crippen LogP contribution in [-0.2, 0) is 34.1 Å². The zero-order chi connectivity index (χ0) is 17.7. The number of rotatable bonds is 7. The first kappa shape index (κ1) is 17.6. The molecule has 3 rings (SSSR count). The quantitative estimate of drug-likeness (QED) is 0.793. The fourth-order valence-corrected chi connectivity index (χ4v) is 4.05. The smallest absolute Gasteiger partial charge is 0.241 e. The van der Waals surface area contributed by atoms with E-state index in [9.17, 15) is 13.2 Å². The molecular formula is C19H22N2O3S. The fraction of sp³-hybridized carbons (Fsp3) is 0.316. The molecule has 2 N–H and O–H groups in total. The SMILES string of the molecule is O=C(CNS(=O)(=O)c1ccc2c(c1)CCC2)NCCc1ccccc1. The minimum Gasteiger partial charge on any atom is -0.355 e. The first-order chi connectivity index (χ1) is 12.0. The fourth-order valence-electron chi connectivity index (χ4n) is 3.01. The number of sulfonamides is 1. The van der Waals surface area contributed by atoms with Crippen LogP contribution >= 0.6 is 0 Å². The minimum absolute atomic E-state index is 0.227. The van der Waals surface area contributed by atoms with Gasteiger partial charge in [-0.15, -0.1) is 0 Å². The Kier molecular flexibility index (Phi) is 5.50. The largest absolute Gasteiger partial charge is 0.355 e. The first-order valence-electron chi connectivity index (χ1n) is 8.47. The summed E-state index contributed by atoms with van der Waals surface area (Å²) in [7, 11) is -3.66. The summed E-state index contributed by atoms with van der Waals surface area (Å²) in [4.78, 5) is 12.1. The van der Waals surface area contributed by atoms with Crippen LogP contribution in [0.4, 0.5) is 0 Å². The number of hydrogen-bond acceptors (Lipinski definition) is 3. The van der Waals surface area contributed by atoms with Crippen molar-refractivity contribution in [3.05, 3.63) is 65.2 Å². The maximum atomic E-state index is 12.3. The van der Waals surface area contributed by atoms with Crippen molar-refractivity contribution < 1.29 is 13.2 Å². The number of benzene rings is 2. The molecule has 0 saturated heterocycles. The first-order valence-corrected chi connectivity index (χ1v) is 9.95. The molecule has 0 heterocycles. The van der Waals surface area contributed by atoms with Gasteiger partial charge in [0, 0.05) is 6.54 Å². The third kappa shape index (κ3) is 4.67. The molecule has 0 aliphatic heterocycles. The maximum absolute atomic E-state index is 12.3. The van der Waals surface area contributed by atoms with Crippen LogP contribution in [-0.4, -0.2) is 27.4 Å². The highest BCUT2D eigenvalue weighted by atomic mass is 32.2. The van der Waals surface area contributed by atoms with E-state index in [0.717, 1.165) is 30.4 Å². The average Bonchev–Trinajstić information content (AvgIpc) is 3.09. The van der Waals surface area contributed by atoms with Gasteiger partial charge in [-0.3, -0.25) is 4.79 Å². The predicted molar refractivity (Wildman–Crippen MR) is 96.8 cm³/mol. The van der Waals surface area contributed by atoms with Crippen molar-refractivity contribution in [3.63, 3.8) is 0 Å². The molecule has 1 aliphatic carbocycles. The summed E-state index contributed by atoms with van der Waals surface area (Å²) < 4.78 is 27.1. The number of carbonyl (C=O) groups is 1. The molecule has 0 unspecified atom stereocenters. The summed E-state index contributed by atoms with van der Waals surface area (Å²) in [6, 6.07) is 15.0. The molecule has 0 saturated carbocycles. The van der Waals surface area contributed by atoms with Gasteiger partial charge in [-0.1, -0.05) is 36.4 Å². The van der Waals surface area contributed by atoms with Crippen LogP contribution in [0.3, 0.4) is 0 Å². The van der Waals surface area contributed by atoms with E-state index in [0.29, 0.717) is 13.0 Å². The monoisotopic (exact) mass is 358 g/mol. The van der Waals surface area contributed by atoms with E-state index in [1.54, 1.807) is 12.1 Å². The van der Waals surface area contributed by atoms with Gasteiger partial charge in [-0.25, -0.2) is 13.1 Å². The molecule has 0 fully saturated rings. The zero-order valence-electron chi connectivity index (χ0n) is 14.0. The van der Waals surface area contributed by atoms with Crippen molar-refractivity contribution >= 4 is 15.9 Å². The Morgan fingerprint density at radius 2 is 1.76 bits per heavy atom. The van der Waals surface area contributed by atoms with Gasteiger partial charge in [-0.2, -0.15) is 0 Å². The van der Waals surface area contributed by atoms with E-state index in [1.165, 1.54) is 5.56 Å². The molecule has 0 spiro atoms. The summed E-state index contributed by atoms with van der Waals surface area (Å²) in [6.45, 7) is 0.220. The van der Waals surface area contributed by atoms with Crippen molar-refractivity contribution in [1.82, 2.24) is 10.0 Å². The standard InChI is InChI=1S/C19H22N2O3S/c22-19(20-12-11-15-5-2-1-3-6-15)14-21-25(23,24)18-10-9-16-7-4-8-17(16)13-18/h1-3,5-6,9-10,13,21H,4,7-8,11-12,14H2,(H,20,22). The second-order valence-electron chi connectivity index (χ2n) is 6.19. The van der Waals surface area contributed by atoms with E-state index < -0.39 is 10.0 Å². The molecule has 2 aromatic carbocycles. The number of amides is 1. The van der Waals surface area contributed by atoms with E-state index >= 15 is 0 Å². The normalized spacial score (nSPS) is 13.4. The average molecular weight is 358 g/mol. The van der Waals surface area contributed by atoms with E-state index in [2.05, 4.69) is 10.0 Å². The van der Waals surface area contributed by atoms with Crippen molar-refractivity contribution in [1.29, 1.82) is 0 Å². The van der Waals surface area contributed by atoms with Crippen molar-refractivity contribution in [2.75, 3.05) is 13.1 Å². The molecule has 0 aromatic heterocycles. The molecule has 132 valence electrons. The van der Waals surface area contributed by atoms with Gasteiger partial charge >= 0.3 is 0 Å². The van der Waals surface area contributed by atoms with Crippen molar-refractivity contribution in [2.45, 2.75) is 30.6 Å². The molecule has 0 bridgehead atoms. The summed E-state index contributed by atoms with van der Waals surface area (Å²) >= 11 is 0. The Labute approximate surface area is 148 Å². The molecule has 6 heteroatoms. The third-order valence-corrected chi connectivity index (χ3v) is 5.78. The van der Waals surface area contributed by atoms with E-state index in [4.69, 9.17) is 0 Å². The third-order valence-electron chi connectivity index (χ3n) is 4.38. The molecule has 1 aliphatic rings. The van der Waals surface area contributed by atoms with E-state index in [-0.39, 0.29) is 17.3 Å². The number of aryl methyl sites for hydroxylation is 2.